The highest BCUT2D eigenvalue weighted by Gasteiger charge is 2.11. The molecule has 0 atom stereocenters. The van der Waals surface area contributed by atoms with Gasteiger partial charge in [-0.1, -0.05) is 35.6 Å². The van der Waals surface area contributed by atoms with Gasteiger partial charge in [0.05, 0.1) is 24.4 Å². The molecule has 4 rings (SSSR count). The van der Waals surface area contributed by atoms with Crippen LogP contribution in [-0.4, -0.2) is 25.1 Å². The zero-order valence-corrected chi connectivity index (χ0v) is 17.7. The Morgan fingerprint density at radius 3 is 2.10 bits per heavy atom. The molecule has 0 saturated heterocycles. The lowest BCUT2D eigenvalue weighted by Gasteiger charge is -2.06. The maximum atomic E-state index is 12.6. The van der Waals surface area contributed by atoms with Crippen LogP contribution in [0.5, 0.6) is 11.5 Å². The zero-order valence-electron chi connectivity index (χ0n) is 16.8. The molecule has 152 valence electrons. The number of benzene rings is 3. The number of hydrogen-bond acceptors (Lipinski definition) is 5. The molecule has 3 aromatic carbocycles. The van der Waals surface area contributed by atoms with E-state index in [0.29, 0.717) is 10.7 Å². The second-order valence-electron chi connectivity index (χ2n) is 6.85. The van der Waals surface area contributed by atoms with E-state index in [4.69, 9.17) is 9.47 Å². The molecule has 0 spiro atoms. The maximum Gasteiger partial charge on any atom is 0.257 e. The van der Waals surface area contributed by atoms with Crippen molar-refractivity contribution in [1.82, 2.24) is 4.98 Å². The van der Waals surface area contributed by atoms with Crippen molar-refractivity contribution in [3.05, 3.63) is 83.4 Å². The fourth-order valence-electron chi connectivity index (χ4n) is 3.16. The fourth-order valence-corrected chi connectivity index (χ4v) is 4.05. The molecule has 0 radical (unpaired) electrons. The van der Waals surface area contributed by atoms with E-state index in [-0.39, 0.29) is 5.91 Å². The minimum Gasteiger partial charge on any atom is -0.497 e. The van der Waals surface area contributed by atoms with Crippen LogP contribution < -0.4 is 14.8 Å². The van der Waals surface area contributed by atoms with Crippen molar-refractivity contribution in [2.75, 3.05) is 19.5 Å². The van der Waals surface area contributed by atoms with Gasteiger partial charge in [-0.05, 0) is 66.4 Å². The Labute approximate surface area is 179 Å². The highest BCUT2D eigenvalue weighted by Crippen LogP contribution is 2.29. The first-order valence-electron chi connectivity index (χ1n) is 9.62. The van der Waals surface area contributed by atoms with Gasteiger partial charge >= 0.3 is 0 Å². The number of ether oxygens (including phenoxy) is 2. The highest BCUT2D eigenvalue weighted by atomic mass is 32.1. The Morgan fingerprint density at radius 2 is 1.47 bits per heavy atom. The minimum atomic E-state index is -0.164. The third-order valence-corrected chi connectivity index (χ3v) is 5.83. The third kappa shape index (κ3) is 4.60. The molecule has 4 aromatic rings. The summed E-state index contributed by atoms with van der Waals surface area (Å²) in [5, 5.41) is 3.46. The van der Waals surface area contributed by atoms with Crippen LogP contribution in [0, 0.1) is 0 Å². The van der Waals surface area contributed by atoms with Gasteiger partial charge in [-0.25, -0.2) is 4.98 Å². The smallest absolute Gasteiger partial charge is 0.257 e. The van der Waals surface area contributed by atoms with Gasteiger partial charge in [-0.2, -0.15) is 0 Å². The molecule has 0 bridgehead atoms. The Hall–Kier alpha value is -3.38. The van der Waals surface area contributed by atoms with E-state index in [9.17, 15) is 4.79 Å². The molecular formula is C24H22N2O3S. The van der Waals surface area contributed by atoms with Crippen molar-refractivity contribution in [3.8, 4) is 11.5 Å². The number of anilines is 1. The molecule has 0 aliphatic carbocycles. The van der Waals surface area contributed by atoms with Gasteiger partial charge in [-0.15, -0.1) is 0 Å². The molecule has 30 heavy (non-hydrogen) atoms. The number of nitrogens with one attached hydrogen (secondary N) is 1. The van der Waals surface area contributed by atoms with E-state index < -0.39 is 0 Å². The largest absolute Gasteiger partial charge is 0.497 e. The standard InChI is InChI=1S/C24H22N2O3S/c1-28-19-11-7-17(8-12-19)4-3-16-5-9-18(10-6-16)23(27)26-24-25-21-14-13-20(29-2)15-22(21)30-24/h5-15H,3-4H2,1-2H3,(H,25,26,27). The van der Waals surface area contributed by atoms with Crippen LogP contribution in [0.1, 0.15) is 21.5 Å². The van der Waals surface area contributed by atoms with Crippen molar-refractivity contribution >= 4 is 32.6 Å². The van der Waals surface area contributed by atoms with E-state index in [2.05, 4.69) is 22.4 Å². The lowest BCUT2D eigenvalue weighted by molar-refractivity contribution is 0.102. The number of nitrogens with zero attached hydrogens (tertiary/aromatic N) is 1. The van der Waals surface area contributed by atoms with E-state index in [1.165, 1.54) is 22.5 Å². The monoisotopic (exact) mass is 418 g/mol. The first-order valence-corrected chi connectivity index (χ1v) is 10.4. The predicted molar refractivity (Wildman–Crippen MR) is 121 cm³/mol. The van der Waals surface area contributed by atoms with Gasteiger partial charge in [0.25, 0.3) is 5.91 Å². The van der Waals surface area contributed by atoms with Crippen LogP contribution in [0.15, 0.2) is 66.7 Å². The number of aryl methyl sites for hydroxylation is 2. The van der Waals surface area contributed by atoms with E-state index in [1.54, 1.807) is 14.2 Å². The maximum absolute atomic E-state index is 12.6. The SMILES string of the molecule is COc1ccc(CCc2ccc(C(=O)Nc3nc4ccc(OC)cc4s3)cc2)cc1. The van der Waals surface area contributed by atoms with Crippen molar-refractivity contribution < 1.29 is 14.3 Å². The Balaban J connectivity index is 1.37. The van der Waals surface area contributed by atoms with Crippen LogP contribution in [0.2, 0.25) is 0 Å². The van der Waals surface area contributed by atoms with E-state index >= 15 is 0 Å². The molecule has 1 N–H and O–H groups in total. The number of methoxy groups -OCH3 is 2. The summed E-state index contributed by atoms with van der Waals surface area (Å²) in [6.07, 6.45) is 1.85. The predicted octanol–water partition coefficient (Wildman–Crippen LogP) is 5.35. The Morgan fingerprint density at radius 1 is 0.867 bits per heavy atom. The first-order chi connectivity index (χ1) is 14.6. The number of rotatable bonds is 7. The number of hydrogen-bond donors (Lipinski definition) is 1. The number of thiazole rings is 1. The first kappa shape index (κ1) is 19.9. The second kappa shape index (κ2) is 8.97. The normalized spacial score (nSPS) is 10.7. The van der Waals surface area contributed by atoms with E-state index in [1.807, 2.05) is 54.6 Å². The quantitative estimate of drug-likeness (QED) is 0.439. The summed E-state index contributed by atoms with van der Waals surface area (Å²) >= 11 is 1.43. The Bertz CT molecular complexity index is 1150. The summed E-state index contributed by atoms with van der Waals surface area (Å²) in [5.74, 6) is 1.47. The van der Waals surface area contributed by atoms with Crippen molar-refractivity contribution in [3.63, 3.8) is 0 Å². The molecule has 1 aromatic heterocycles. The molecule has 1 amide bonds. The summed E-state index contributed by atoms with van der Waals surface area (Å²) in [6, 6.07) is 21.5. The number of aromatic nitrogens is 1. The minimum absolute atomic E-state index is 0.164. The van der Waals surface area contributed by atoms with Crippen LogP contribution in [0.3, 0.4) is 0 Å². The molecule has 0 aliphatic heterocycles. The van der Waals surface area contributed by atoms with Gasteiger partial charge in [-0.3, -0.25) is 10.1 Å². The average Bonchev–Trinajstić information content (AvgIpc) is 3.19. The number of amides is 1. The van der Waals surface area contributed by atoms with Gasteiger partial charge in [0, 0.05) is 5.56 Å². The molecule has 0 aliphatic rings. The van der Waals surface area contributed by atoms with Crippen LogP contribution >= 0.6 is 11.3 Å². The molecule has 0 fully saturated rings. The summed E-state index contributed by atoms with van der Waals surface area (Å²) in [4.78, 5) is 17.1. The topological polar surface area (TPSA) is 60.5 Å². The van der Waals surface area contributed by atoms with Crippen LogP contribution in [0.4, 0.5) is 5.13 Å². The summed E-state index contributed by atoms with van der Waals surface area (Å²) in [5.41, 5.74) is 3.89. The van der Waals surface area contributed by atoms with Crippen LogP contribution in [-0.2, 0) is 12.8 Å². The van der Waals surface area contributed by atoms with Crippen molar-refractivity contribution in [2.24, 2.45) is 0 Å². The van der Waals surface area contributed by atoms with Gasteiger partial charge in [0.1, 0.15) is 11.5 Å². The number of carbonyl (C=O) groups is 1. The molecular weight excluding hydrogens is 396 g/mol. The molecule has 1 heterocycles. The fraction of sp³-hybridized carbons (Fsp3) is 0.167. The van der Waals surface area contributed by atoms with Crippen LogP contribution in [0.25, 0.3) is 10.2 Å². The lowest BCUT2D eigenvalue weighted by atomic mass is 10.0. The Kier molecular flexibility index (Phi) is 5.95. The van der Waals surface area contributed by atoms with Crippen molar-refractivity contribution in [1.29, 1.82) is 0 Å². The summed E-state index contributed by atoms with van der Waals surface area (Å²) < 4.78 is 11.4. The highest BCUT2D eigenvalue weighted by molar-refractivity contribution is 7.22. The van der Waals surface area contributed by atoms with Gasteiger partial charge < -0.3 is 9.47 Å². The van der Waals surface area contributed by atoms with E-state index in [0.717, 1.165) is 34.6 Å². The second-order valence-corrected chi connectivity index (χ2v) is 7.88. The van der Waals surface area contributed by atoms with Gasteiger partial charge in [0.2, 0.25) is 0 Å². The number of carbonyl (C=O) groups excluding carboxylic acids is 1. The average molecular weight is 419 g/mol. The molecule has 0 saturated carbocycles. The summed E-state index contributed by atoms with van der Waals surface area (Å²) in [6.45, 7) is 0. The van der Waals surface area contributed by atoms with Gasteiger partial charge in [0.15, 0.2) is 5.13 Å². The molecule has 5 nitrogen and oxygen atoms in total. The number of fused-ring (bicyclic) bond motifs is 1. The third-order valence-electron chi connectivity index (χ3n) is 4.89. The molecule has 6 heteroatoms. The molecule has 0 unspecified atom stereocenters. The zero-order chi connectivity index (χ0) is 20.9. The lowest BCUT2D eigenvalue weighted by Crippen LogP contribution is -2.11. The summed E-state index contributed by atoms with van der Waals surface area (Å²) in [7, 11) is 3.30. The van der Waals surface area contributed by atoms with Crippen molar-refractivity contribution in [2.45, 2.75) is 12.8 Å².